The van der Waals surface area contributed by atoms with Crippen LogP contribution in [-0.4, -0.2) is 29.8 Å². The van der Waals surface area contributed by atoms with E-state index < -0.39 is 4.92 Å². The lowest BCUT2D eigenvalue weighted by atomic mass is 10.2. The molecule has 1 atom stereocenters. The van der Waals surface area contributed by atoms with E-state index in [1.165, 1.54) is 13.2 Å². The molecular formula is C11H16N2O4. The molecule has 0 heterocycles. The number of methoxy groups -OCH3 is 1. The number of ether oxygens (including phenoxy) is 1. The predicted molar refractivity (Wildman–Crippen MR) is 64.4 cm³/mol. The molecule has 0 bridgehead atoms. The molecule has 0 amide bonds. The van der Waals surface area contributed by atoms with Gasteiger partial charge in [0.15, 0.2) is 5.75 Å². The molecule has 0 fully saturated rings. The first-order valence-electron chi connectivity index (χ1n) is 5.32. The summed E-state index contributed by atoms with van der Waals surface area (Å²) in [5.74, 6) is 0.202. The molecule has 0 aliphatic rings. The van der Waals surface area contributed by atoms with E-state index in [1.54, 1.807) is 12.1 Å². The van der Waals surface area contributed by atoms with E-state index >= 15 is 0 Å². The van der Waals surface area contributed by atoms with Gasteiger partial charge in [0.05, 0.1) is 18.6 Å². The summed E-state index contributed by atoms with van der Waals surface area (Å²) < 4.78 is 4.95. The van der Waals surface area contributed by atoms with Crippen molar-refractivity contribution >= 4 is 11.4 Å². The maximum atomic E-state index is 10.7. The normalized spacial score (nSPS) is 11.9. The molecule has 94 valence electrons. The Labute approximate surface area is 99.4 Å². The quantitative estimate of drug-likeness (QED) is 0.585. The number of hydrogen-bond donors (Lipinski definition) is 2. The molecule has 0 radical (unpaired) electrons. The Balaban J connectivity index is 2.93. The van der Waals surface area contributed by atoms with Crippen molar-refractivity contribution < 1.29 is 14.8 Å². The predicted octanol–water partition coefficient (Wildman–Crippen LogP) is 1.79. The Morgan fingerprint density at radius 3 is 2.76 bits per heavy atom. The van der Waals surface area contributed by atoms with Crippen molar-refractivity contribution in [1.82, 2.24) is 0 Å². The fourth-order valence-electron chi connectivity index (χ4n) is 1.43. The zero-order valence-corrected chi connectivity index (χ0v) is 9.84. The molecular weight excluding hydrogens is 224 g/mol. The summed E-state index contributed by atoms with van der Waals surface area (Å²) in [7, 11) is 1.38. The van der Waals surface area contributed by atoms with E-state index in [9.17, 15) is 10.1 Å². The van der Waals surface area contributed by atoms with Crippen LogP contribution in [0.2, 0.25) is 0 Å². The third-order valence-corrected chi connectivity index (χ3v) is 2.46. The number of aliphatic hydroxyl groups is 1. The summed E-state index contributed by atoms with van der Waals surface area (Å²) in [6.07, 6.45) is 0.760. The highest BCUT2D eigenvalue weighted by Gasteiger charge is 2.15. The number of benzene rings is 1. The van der Waals surface area contributed by atoms with Crippen LogP contribution in [0.4, 0.5) is 11.4 Å². The molecule has 17 heavy (non-hydrogen) atoms. The number of nitro groups is 1. The van der Waals surface area contributed by atoms with Gasteiger partial charge in [-0.2, -0.15) is 0 Å². The van der Waals surface area contributed by atoms with Gasteiger partial charge in [-0.1, -0.05) is 6.92 Å². The van der Waals surface area contributed by atoms with Crippen molar-refractivity contribution in [2.45, 2.75) is 19.4 Å². The zero-order chi connectivity index (χ0) is 12.8. The Morgan fingerprint density at radius 2 is 2.29 bits per heavy atom. The van der Waals surface area contributed by atoms with Crippen LogP contribution in [0, 0.1) is 10.1 Å². The molecule has 0 spiro atoms. The van der Waals surface area contributed by atoms with Crippen LogP contribution in [0.5, 0.6) is 5.75 Å². The minimum absolute atomic E-state index is 0.00973. The van der Waals surface area contributed by atoms with Crippen molar-refractivity contribution in [3.05, 3.63) is 28.3 Å². The number of aliphatic hydroxyl groups excluding tert-OH is 1. The van der Waals surface area contributed by atoms with E-state index in [0.717, 1.165) is 6.42 Å². The lowest BCUT2D eigenvalue weighted by Gasteiger charge is -2.15. The van der Waals surface area contributed by atoms with Crippen molar-refractivity contribution in [2.24, 2.45) is 0 Å². The molecule has 1 aromatic rings. The van der Waals surface area contributed by atoms with Crippen LogP contribution in [0.1, 0.15) is 13.3 Å². The standard InChI is InChI=1S/C11H16N2O4/c1-3-8(7-14)12-9-4-5-10(13(15)16)11(6-9)17-2/h4-6,8,12,14H,3,7H2,1-2H3. The van der Waals surface area contributed by atoms with Crippen molar-refractivity contribution in [2.75, 3.05) is 19.0 Å². The summed E-state index contributed by atoms with van der Waals surface area (Å²) in [6.45, 7) is 1.95. The third-order valence-electron chi connectivity index (χ3n) is 2.46. The second-order valence-electron chi connectivity index (χ2n) is 3.58. The van der Waals surface area contributed by atoms with Crippen LogP contribution in [0.3, 0.4) is 0 Å². The molecule has 1 rings (SSSR count). The SMILES string of the molecule is CCC(CO)Nc1ccc([N+](=O)[O-])c(OC)c1. The molecule has 0 saturated carbocycles. The Bertz CT molecular complexity index is 391. The molecule has 0 aliphatic heterocycles. The fraction of sp³-hybridized carbons (Fsp3) is 0.455. The Hall–Kier alpha value is -1.82. The summed E-state index contributed by atoms with van der Waals surface area (Å²) in [5.41, 5.74) is 0.614. The first-order valence-corrected chi connectivity index (χ1v) is 5.32. The van der Waals surface area contributed by atoms with Crippen LogP contribution in [0.15, 0.2) is 18.2 Å². The van der Waals surface area contributed by atoms with Gasteiger partial charge in [0, 0.05) is 23.9 Å². The minimum atomic E-state index is -0.494. The van der Waals surface area contributed by atoms with Crippen LogP contribution < -0.4 is 10.1 Å². The van der Waals surface area contributed by atoms with E-state index in [1.807, 2.05) is 6.92 Å². The van der Waals surface area contributed by atoms with Gasteiger partial charge in [0.2, 0.25) is 0 Å². The first kappa shape index (κ1) is 13.2. The van der Waals surface area contributed by atoms with E-state index in [4.69, 9.17) is 9.84 Å². The minimum Gasteiger partial charge on any atom is -0.490 e. The molecule has 0 aliphatic carbocycles. The van der Waals surface area contributed by atoms with Gasteiger partial charge >= 0.3 is 5.69 Å². The van der Waals surface area contributed by atoms with Gasteiger partial charge in [-0.15, -0.1) is 0 Å². The lowest BCUT2D eigenvalue weighted by Crippen LogP contribution is -2.22. The second-order valence-corrected chi connectivity index (χ2v) is 3.58. The maximum Gasteiger partial charge on any atom is 0.311 e. The van der Waals surface area contributed by atoms with Crippen LogP contribution in [-0.2, 0) is 0 Å². The maximum absolute atomic E-state index is 10.7. The van der Waals surface area contributed by atoms with Crippen LogP contribution >= 0.6 is 0 Å². The summed E-state index contributed by atoms with van der Waals surface area (Å²) >= 11 is 0. The fourth-order valence-corrected chi connectivity index (χ4v) is 1.43. The average molecular weight is 240 g/mol. The van der Waals surface area contributed by atoms with Crippen molar-refractivity contribution in [3.8, 4) is 5.75 Å². The van der Waals surface area contributed by atoms with Gasteiger partial charge in [0.25, 0.3) is 0 Å². The van der Waals surface area contributed by atoms with Gasteiger partial charge in [-0.3, -0.25) is 10.1 Å². The number of nitrogens with one attached hydrogen (secondary N) is 1. The van der Waals surface area contributed by atoms with Gasteiger partial charge in [-0.25, -0.2) is 0 Å². The topological polar surface area (TPSA) is 84.6 Å². The van der Waals surface area contributed by atoms with E-state index in [2.05, 4.69) is 5.32 Å². The smallest absolute Gasteiger partial charge is 0.311 e. The number of hydrogen-bond acceptors (Lipinski definition) is 5. The van der Waals surface area contributed by atoms with Gasteiger partial charge in [0.1, 0.15) is 0 Å². The molecule has 0 aromatic heterocycles. The Kier molecular flexibility index (Phi) is 4.71. The van der Waals surface area contributed by atoms with Crippen molar-refractivity contribution in [1.29, 1.82) is 0 Å². The first-order chi connectivity index (χ1) is 8.12. The second kappa shape index (κ2) is 6.05. The summed E-state index contributed by atoms with van der Waals surface area (Å²) in [4.78, 5) is 10.2. The summed E-state index contributed by atoms with van der Waals surface area (Å²) in [5, 5.41) is 22.8. The molecule has 1 aromatic carbocycles. The Morgan fingerprint density at radius 1 is 1.59 bits per heavy atom. The largest absolute Gasteiger partial charge is 0.490 e. The number of nitrogens with zero attached hydrogens (tertiary/aromatic N) is 1. The number of anilines is 1. The van der Waals surface area contributed by atoms with Gasteiger partial charge < -0.3 is 15.2 Å². The van der Waals surface area contributed by atoms with Gasteiger partial charge in [-0.05, 0) is 12.5 Å². The average Bonchev–Trinajstić information content (AvgIpc) is 2.35. The van der Waals surface area contributed by atoms with Crippen LogP contribution in [0.25, 0.3) is 0 Å². The molecule has 1 unspecified atom stereocenters. The number of nitro benzene ring substituents is 1. The third kappa shape index (κ3) is 3.32. The highest BCUT2D eigenvalue weighted by atomic mass is 16.6. The zero-order valence-electron chi connectivity index (χ0n) is 9.84. The van der Waals surface area contributed by atoms with E-state index in [-0.39, 0.29) is 24.1 Å². The number of rotatable bonds is 6. The molecule has 6 heteroatoms. The highest BCUT2D eigenvalue weighted by molar-refractivity contribution is 5.58. The molecule has 0 saturated heterocycles. The van der Waals surface area contributed by atoms with Crippen molar-refractivity contribution in [3.63, 3.8) is 0 Å². The summed E-state index contributed by atoms with van der Waals surface area (Å²) in [6, 6.07) is 4.46. The van der Waals surface area contributed by atoms with E-state index in [0.29, 0.717) is 5.69 Å². The lowest BCUT2D eigenvalue weighted by molar-refractivity contribution is -0.385. The molecule has 6 nitrogen and oxygen atoms in total. The monoisotopic (exact) mass is 240 g/mol. The molecule has 2 N–H and O–H groups in total. The highest BCUT2D eigenvalue weighted by Crippen LogP contribution is 2.29.